The fraction of sp³-hybridized carbons (Fsp3) is 0.333. The van der Waals surface area contributed by atoms with E-state index in [1.54, 1.807) is 24.0 Å². The van der Waals surface area contributed by atoms with Crippen molar-refractivity contribution in [3.05, 3.63) is 41.0 Å². The summed E-state index contributed by atoms with van der Waals surface area (Å²) in [5, 5.41) is 11.9. The predicted octanol–water partition coefficient (Wildman–Crippen LogP) is 2.88. The lowest BCUT2D eigenvalue weighted by Gasteiger charge is -2.26. The maximum absolute atomic E-state index is 12.2. The van der Waals surface area contributed by atoms with E-state index in [1.807, 2.05) is 6.92 Å². The van der Waals surface area contributed by atoms with Crippen LogP contribution >= 0.6 is 0 Å². The van der Waals surface area contributed by atoms with E-state index in [2.05, 4.69) is 11.4 Å². The lowest BCUT2D eigenvalue weighted by molar-refractivity contribution is 0.0696. The largest absolute Gasteiger partial charge is 0.478 e. The molecule has 0 saturated heterocycles. The molecule has 0 saturated carbocycles. The number of carbonyl (C=O) groups excluding carboxylic acids is 1. The number of rotatable bonds is 2. The van der Waals surface area contributed by atoms with Crippen LogP contribution in [0.3, 0.4) is 0 Å². The van der Waals surface area contributed by atoms with Crippen molar-refractivity contribution in [2.75, 3.05) is 18.4 Å². The van der Waals surface area contributed by atoms with Gasteiger partial charge < -0.3 is 15.3 Å². The van der Waals surface area contributed by atoms with Gasteiger partial charge in [-0.2, -0.15) is 0 Å². The summed E-state index contributed by atoms with van der Waals surface area (Å²) in [6, 6.07) is 4.68. The number of hydrogen-bond donors (Lipinski definition) is 2. The topological polar surface area (TPSA) is 69.6 Å². The molecule has 0 fully saturated rings. The summed E-state index contributed by atoms with van der Waals surface area (Å²) in [7, 11) is 0. The summed E-state index contributed by atoms with van der Waals surface area (Å²) in [6.45, 7) is 4.99. The molecule has 1 aliphatic rings. The van der Waals surface area contributed by atoms with Gasteiger partial charge in [-0.25, -0.2) is 9.59 Å². The number of carboxylic acids is 1. The van der Waals surface area contributed by atoms with E-state index in [0.717, 1.165) is 6.42 Å². The van der Waals surface area contributed by atoms with Crippen LogP contribution < -0.4 is 5.32 Å². The first-order valence-corrected chi connectivity index (χ1v) is 6.53. The van der Waals surface area contributed by atoms with Gasteiger partial charge in [0.05, 0.1) is 5.56 Å². The first-order chi connectivity index (χ1) is 9.49. The number of hydrogen-bond acceptors (Lipinski definition) is 2. The minimum Gasteiger partial charge on any atom is -0.478 e. The maximum Gasteiger partial charge on any atom is 0.336 e. The number of anilines is 1. The Morgan fingerprint density at radius 2 is 2.05 bits per heavy atom. The molecule has 0 aromatic heterocycles. The lowest BCUT2D eigenvalue weighted by atomic mass is 10.1. The van der Waals surface area contributed by atoms with Gasteiger partial charge in [-0.1, -0.05) is 17.7 Å². The first-order valence-electron chi connectivity index (χ1n) is 6.53. The van der Waals surface area contributed by atoms with Crippen molar-refractivity contribution < 1.29 is 14.7 Å². The van der Waals surface area contributed by atoms with Crippen molar-refractivity contribution in [2.45, 2.75) is 20.3 Å². The molecular weight excluding hydrogens is 256 g/mol. The Morgan fingerprint density at radius 3 is 2.70 bits per heavy atom. The Morgan fingerprint density at radius 1 is 1.30 bits per heavy atom. The third-order valence-corrected chi connectivity index (χ3v) is 3.43. The number of nitrogens with one attached hydrogen (secondary N) is 1. The van der Waals surface area contributed by atoms with Gasteiger partial charge in [0, 0.05) is 18.8 Å². The highest BCUT2D eigenvalue weighted by Gasteiger charge is 2.18. The van der Waals surface area contributed by atoms with E-state index in [9.17, 15) is 9.59 Å². The van der Waals surface area contributed by atoms with Gasteiger partial charge in [0.2, 0.25) is 0 Å². The molecule has 0 radical (unpaired) electrons. The van der Waals surface area contributed by atoms with Crippen LogP contribution in [0.15, 0.2) is 29.8 Å². The molecule has 0 aliphatic carbocycles. The summed E-state index contributed by atoms with van der Waals surface area (Å²) in [4.78, 5) is 25.0. The predicted molar refractivity (Wildman–Crippen MR) is 77.1 cm³/mol. The fourth-order valence-electron chi connectivity index (χ4n) is 2.28. The maximum atomic E-state index is 12.2. The molecule has 1 heterocycles. The van der Waals surface area contributed by atoms with Crippen LogP contribution in [0.5, 0.6) is 0 Å². The standard InChI is InChI=1S/C15H18N2O3/c1-10-5-4-8-17(9-10)15(20)16-13-7-3-6-12(11(13)2)14(18)19/h3,5-7H,4,8-9H2,1-2H3,(H,16,20)(H,18,19). The average molecular weight is 274 g/mol. The van der Waals surface area contributed by atoms with Gasteiger partial charge in [-0.3, -0.25) is 0 Å². The van der Waals surface area contributed by atoms with E-state index in [0.29, 0.717) is 24.3 Å². The summed E-state index contributed by atoms with van der Waals surface area (Å²) in [6.07, 6.45) is 2.98. The number of urea groups is 1. The van der Waals surface area contributed by atoms with Crippen molar-refractivity contribution in [1.82, 2.24) is 4.90 Å². The van der Waals surface area contributed by atoms with Crippen LogP contribution in [-0.4, -0.2) is 35.1 Å². The molecule has 106 valence electrons. The summed E-state index contributed by atoms with van der Waals surface area (Å²) < 4.78 is 0. The van der Waals surface area contributed by atoms with Crippen LogP contribution in [0.1, 0.15) is 29.3 Å². The van der Waals surface area contributed by atoms with E-state index in [-0.39, 0.29) is 11.6 Å². The fourth-order valence-corrected chi connectivity index (χ4v) is 2.28. The quantitative estimate of drug-likeness (QED) is 0.815. The van der Waals surface area contributed by atoms with Crippen LogP contribution in [0.2, 0.25) is 0 Å². The van der Waals surface area contributed by atoms with Crippen LogP contribution in [-0.2, 0) is 0 Å². The molecule has 0 unspecified atom stereocenters. The van der Waals surface area contributed by atoms with Gasteiger partial charge in [-0.15, -0.1) is 0 Å². The molecule has 1 aromatic carbocycles. The van der Waals surface area contributed by atoms with E-state index < -0.39 is 5.97 Å². The van der Waals surface area contributed by atoms with Gasteiger partial charge in [-0.05, 0) is 38.0 Å². The zero-order valence-corrected chi connectivity index (χ0v) is 11.6. The van der Waals surface area contributed by atoms with Crippen molar-refractivity contribution in [2.24, 2.45) is 0 Å². The molecule has 1 aliphatic heterocycles. The molecule has 2 rings (SSSR count). The Bertz CT molecular complexity index is 578. The molecule has 5 heteroatoms. The molecule has 0 atom stereocenters. The van der Waals surface area contributed by atoms with Crippen LogP contribution in [0.25, 0.3) is 0 Å². The van der Waals surface area contributed by atoms with Gasteiger partial charge in [0.25, 0.3) is 0 Å². The zero-order chi connectivity index (χ0) is 14.7. The van der Waals surface area contributed by atoms with Crippen LogP contribution in [0, 0.1) is 6.92 Å². The second-order valence-electron chi connectivity index (χ2n) is 4.97. The number of benzene rings is 1. The molecule has 0 bridgehead atoms. The second kappa shape index (κ2) is 5.77. The van der Waals surface area contributed by atoms with Crippen molar-refractivity contribution in [1.29, 1.82) is 0 Å². The highest BCUT2D eigenvalue weighted by molar-refractivity contribution is 5.95. The molecule has 20 heavy (non-hydrogen) atoms. The van der Waals surface area contributed by atoms with Crippen LogP contribution in [0.4, 0.5) is 10.5 Å². The Kier molecular flexibility index (Phi) is 4.08. The third kappa shape index (κ3) is 2.99. The monoisotopic (exact) mass is 274 g/mol. The van der Waals surface area contributed by atoms with Crippen molar-refractivity contribution in [3.8, 4) is 0 Å². The van der Waals surface area contributed by atoms with Crippen molar-refractivity contribution in [3.63, 3.8) is 0 Å². The summed E-state index contributed by atoms with van der Waals surface area (Å²) in [5.74, 6) is -0.990. The minimum absolute atomic E-state index is 0.192. The Hall–Kier alpha value is -2.30. The Labute approximate surface area is 117 Å². The van der Waals surface area contributed by atoms with Gasteiger partial charge >= 0.3 is 12.0 Å². The Balaban J connectivity index is 2.14. The first kappa shape index (κ1) is 14.1. The number of nitrogens with zero attached hydrogens (tertiary/aromatic N) is 1. The average Bonchev–Trinajstić information content (AvgIpc) is 2.40. The summed E-state index contributed by atoms with van der Waals surface area (Å²) >= 11 is 0. The number of amides is 2. The highest BCUT2D eigenvalue weighted by Crippen LogP contribution is 2.20. The van der Waals surface area contributed by atoms with E-state index in [1.165, 1.54) is 11.6 Å². The molecule has 2 amide bonds. The molecule has 2 N–H and O–H groups in total. The molecule has 0 spiro atoms. The molecular formula is C15H18N2O3. The zero-order valence-electron chi connectivity index (χ0n) is 11.6. The summed E-state index contributed by atoms with van der Waals surface area (Å²) in [5.41, 5.74) is 2.49. The smallest absolute Gasteiger partial charge is 0.336 e. The highest BCUT2D eigenvalue weighted by atomic mass is 16.4. The lowest BCUT2D eigenvalue weighted by Crippen LogP contribution is -2.38. The minimum atomic E-state index is -0.990. The van der Waals surface area contributed by atoms with Gasteiger partial charge in [0.1, 0.15) is 0 Å². The number of carbonyl (C=O) groups is 2. The van der Waals surface area contributed by atoms with Crippen molar-refractivity contribution >= 4 is 17.7 Å². The number of carboxylic acid groups (broad SMARTS) is 1. The van der Waals surface area contributed by atoms with E-state index >= 15 is 0 Å². The van der Waals surface area contributed by atoms with Gasteiger partial charge in [0.15, 0.2) is 0 Å². The normalized spacial score (nSPS) is 14.7. The molecule has 5 nitrogen and oxygen atoms in total. The molecule has 1 aromatic rings. The number of aromatic carboxylic acids is 1. The third-order valence-electron chi connectivity index (χ3n) is 3.43. The second-order valence-corrected chi connectivity index (χ2v) is 4.97. The SMILES string of the molecule is CC1=CCCN(C(=O)Nc2cccc(C(=O)O)c2C)C1. The van der Waals surface area contributed by atoms with E-state index in [4.69, 9.17) is 5.11 Å².